The Morgan fingerprint density at radius 1 is 1.35 bits per heavy atom. The van der Waals surface area contributed by atoms with Crippen LogP contribution in [0.3, 0.4) is 0 Å². The van der Waals surface area contributed by atoms with Crippen LogP contribution in [0.5, 0.6) is 0 Å². The van der Waals surface area contributed by atoms with Crippen LogP contribution in [0.25, 0.3) is 0 Å². The van der Waals surface area contributed by atoms with Crippen molar-refractivity contribution in [3.63, 3.8) is 0 Å². The molecule has 0 saturated carbocycles. The number of hydrogen-bond donors (Lipinski definition) is 1. The minimum Gasteiger partial charge on any atom is -0.386 e. The summed E-state index contributed by atoms with van der Waals surface area (Å²) in [6.45, 7) is 2.14. The molecular formula is C13H14BrNOS. The molecule has 4 heteroatoms. The van der Waals surface area contributed by atoms with Gasteiger partial charge in [-0.15, -0.1) is 11.3 Å². The standard InChI is InChI=1S/C13H14BrNOS/c1-2-9-5-6-10(17-9)8-12(16)13-11(14)4-3-7-15-13/h3-7,12,16H,2,8H2,1H3. The molecule has 2 nitrogen and oxygen atoms in total. The van der Waals surface area contributed by atoms with Gasteiger partial charge in [0.1, 0.15) is 6.10 Å². The second-order valence-corrected chi connectivity index (χ2v) is 5.92. The summed E-state index contributed by atoms with van der Waals surface area (Å²) in [6, 6.07) is 7.96. The van der Waals surface area contributed by atoms with Crippen LogP contribution in [0.15, 0.2) is 34.9 Å². The number of pyridine rings is 1. The van der Waals surface area contributed by atoms with Crippen molar-refractivity contribution in [1.82, 2.24) is 4.98 Å². The van der Waals surface area contributed by atoms with Crippen molar-refractivity contribution in [2.45, 2.75) is 25.9 Å². The van der Waals surface area contributed by atoms with E-state index >= 15 is 0 Å². The van der Waals surface area contributed by atoms with Gasteiger partial charge in [0.25, 0.3) is 0 Å². The summed E-state index contributed by atoms with van der Waals surface area (Å²) in [4.78, 5) is 6.76. The maximum atomic E-state index is 10.2. The lowest BCUT2D eigenvalue weighted by molar-refractivity contribution is 0.173. The summed E-state index contributed by atoms with van der Waals surface area (Å²) >= 11 is 5.17. The number of aryl methyl sites for hydroxylation is 1. The fourth-order valence-corrected chi connectivity index (χ4v) is 3.17. The van der Waals surface area contributed by atoms with Crippen LogP contribution in [0.2, 0.25) is 0 Å². The first kappa shape index (κ1) is 12.7. The molecule has 1 unspecified atom stereocenters. The highest BCUT2D eigenvalue weighted by Gasteiger charge is 2.14. The Morgan fingerprint density at radius 2 is 2.12 bits per heavy atom. The summed E-state index contributed by atoms with van der Waals surface area (Å²) in [7, 11) is 0. The number of halogens is 1. The van der Waals surface area contributed by atoms with Crippen LogP contribution in [0.1, 0.15) is 28.5 Å². The Bertz CT molecular complexity index is 498. The number of aliphatic hydroxyl groups is 1. The molecule has 1 atom stereocenters. The van der Waals surface area contributed by atoms with Gasteiger partial charge in [-0.25, -0.2) is 0 Å². The maximum Gasteiger partial charge on any atom is 0.102 e. The lowest BCUT2D eigenvalue weighted by Crippen LogP contribution is -2.03. The second kappa shape index (κ2) is 5.76. The Hall–Kier alpha value is -0.710. The molecule has 17 heavy (non-hydrogen) atoms. The molecule has 0 aliphatic carbocycles. The number of thiophene rings is 1. The molecule has 0 aliphatic rings. The first-order chi connectivity index (χ1) is 8.20. The SMILES string of the molecule is CCc1ccc(CC(O)c2ncccc2Br)s1. The quantitative estimate of drug-likeness (QED) is 0.933. The van der Waals surface area contributed by atoms with E-state index in [9.17, 15) is 5.11 Å². The van der Waals surface area contributed by atoms with Gasteiger partial charge in [-0.05, 0) is 46.6 Å². The van der Waals surface area contributed by atoms with Gasteiger partial charge in [0.05, 0.1) is 5.69 Å². The number of aliphatic hydroxyl groups excluding tert-OH is 1. The molecule has 0 saturated heterocycles. The lowest BCUT2D eigenvalue weighted by atomic mass is 10.1. The minimum atomic E-state index is -0.547. The summed E-state index contributed by atoms with van der Waals surface area (Å²) in [6.07, 6.45) is 2.83. The normalized spacial score (nSPS) is 12.6. The van der Waals surface area contributed by atoms with Gasteiger partial charge in [-0.3, -0.25) is 4.98 Å². The van der Waals surface area contributed by atoms with E-state index in [4.69, 9.17) is 0 Å². The van der Waals surface area contributed by atoms with Gasteiger partial charge in [-0.2, -0.15) is 0 Å². The van der Waals surface area contributed by atoms with Crippen molar-refractivity contribution < 1.29 is 5.11 Å². The summed E-state index contributed by atoms with van der Waals surface area (Å²) < 4.78 is 0.861. The van der Waals surface area contributed by atoms with E-state index in [0.29, 0.717) is 12.1 Å². The van der Waals surface area contributed by atoms with Crippen molar-refractivity contribution in [1.29, 1.82) is 0 Å². The van der Waals surface area contributed by atoms with Gasteiger partial charge in [0, 0.05) is 26.8 Å². The molecule has 2 aromatic heterocycles. The van der Waals surface area contributed by atoms with Gasteiger partial charge < -0.3 is 5.11 Å². The van der Waals surface area contributed by atoms with Crippen LogP contribution < -0.4 is 0 Å². The molecule has 2 aromatic rings. The average molecular weight is 312 g/mol. The van der Waals surface area contributed by atoms with E-state index in [-0.39, 0.29) is 0 Å². The topological polar surface area (TPSA) is 33.1 Å². The number of nitrogens with zero attached hydrogens (tertiary/aromatic N) is 1. The molecule has 0 radical (unpaired) electrons. The molecule has 2 rings (SSSR count). The summed E-state index contributed by atoms with van der Waals surface area (Å²) in [5.41, 5.74) is 0.707. The smallest absolute Gasteiger partial charge is 0.102 e. The Balaban J connectivity index is 2.11. The molecule has 0 amide bonds. The number of rotatable bonds is 4. The van der Waals surface area contributed by atoms with Crippen molar-refractivity contribution >= 4 is 27.3 Å². The fraction of sp³-hybridized carbons (Fsp3) is 0.308. The largest absolute Gasteiger partial charge is 0.386 e. The highest BCUT2D eigenvalue weighted by Crippen LogP contribution is 2.26. The molecular weight excluding hydrogens is 298 g/mol. The second-order valence-electron chi connectivity index (χ2n) is 3.81. The van der Waals surface area contributed by atoms with Crippen molar-refractivity contribution in [3.05, 3.63) is 50.4 Å². The molecule has 1 N–H and O–H groups in total. The maximum absolute atomic E-state index is 10.2. The van der Waals surface area contributed by atoms with Crippen molar-refractivity contribution in [2.24, 2.45) is 0 Å². The van der Waals surface area contributed by atoms with Crippen LogP contribution in [0.4, 0.5) is 0 Å². The van der Waals surface area contributed by atoms with Crippen LogP contribution in [-0.4, -0.2) is 10.1 Å². The van der Waals surface area contributed by atoms with Gasteiger partial charge >= 0.3 is 0 Å². The predicted octanol–water partition coefficient (Wildman–Crippen LogP) is 3.74. The zero-order valence-corrected chi connectivity index (χ0v) is 12.0. The van der Waals surface area contributed by atoms with E-state index in [1.54, 1.807) is 17.5 Å². The third-order valence-corrected chi connectivity index (χ3v) is 4.49. The Labute approximate surface area is 113 Å². The van der Waals surface area contributed by atoms with E-state index in [1.165, 1.54) is 9.75 Å². The first-order valence-corrected chi connectivity index (χ1v) is 7.17. The van der Waals surface area contributed by atoms with E-state index in [1.807, 2.05) is 12.1 Å². The third kappa shape index (κ3) is 3.15. The monoisotopic (exact) mass is 311 g/mol. The Morgan fingerprint density at radius 3 is 2.76 bits per heavy atom. The summed E-state index contributed by atoms with van der Waals surface area (Å²) in [5.74, 6) is 0. The van der Waals surface area contributed by atoms with Gasteiger partial charge in [-0.1, -0.05) is 6.92 Å². The van der Waals surface area contributed by atoms with E-state index in [2.05, 4.69) is 40.0 Å². The molecule has 0 aromatic carbocycles. The van der Waals surface area contributed by atoms with Crippen molar-refractivity contribution in [2.75, 3.05) is 0 Å². The molecule has 0 spiro atoms. The van der Waals surface area contributed by atoms with E-state index in [0.717, 1.165) is 10.9 Å². The molecule has 0 aliphatic heterocycles. The minimum absolute atomic E-state index is 0.547. The highest BCUT2D eigenvalue weighted by molar-refractivity contribution is 9.10. The lowest BCUT2D eigenvalue weighted by Gasteiger charge is -2.10. The van der Waals surface area contributed by atoms with Crippen molar-refractivity contribution in [3.8, 4) is 0 Å². The molecule has 0 bridgehead atoms. The zero-order chi connectivity index (χ0) is 12.3. The van der Waals surface area contributed by atoms with Crippen LogP contribution >= 0.6 is 27.3 Å². The van der Waals surface area contributed by atoms with Gasteiger partial charge in [0.15, 0.2) is 0 Å². The van der Waals surface area contributed by atoms with Crippen LogP contribution in [0, 0.1) is 0 Å². The molecule has 90 valence electrons. The Kier molecular flexibility index (Phi) is 4.31. The number of hydrogen-bond acceptors (Lipinski definition) is 3. The molecule has 0 fully saturated rings. The van der Waals surface area contributed by atoms with Gasteiger partial charge in [0.2, 0.25) is 0 Å². The average Bonchev–Trinajstić information content (AvgIpc) is 2.77. The molecule has 2 heterocycles. The van der Waals surface area contributed by atoms with E-state index < -0.39 is 6.10 Å². The highest BCUT2D eigenvalue weighted by atomic mass is 79.9. The third-order valence-electron chi connectivity index (χ3n) is 2.56. The zero-order valence-electron chi connectivity index (χ0n) is 9.56. The number of aromatic nitrogens is 1. The van der Waals surface area contributed by atoms with Crippen LogP contribution in [-0.2, 0) is 12.8 Å². The fourth-order valence-electron chi connectivity index (χ4n) is 1.65. The summed E-state index contributed by atoms with van der Waals surface area (Å²) in [5, 5.41) is 10.2. The first-order valence-electron chi connectivity index (χ1n) is 5.56. The predicted molar refractivity (Wildman–Crippen MR) is 74.3 cm³/mol.